The van der Waals surface area contributed by atoms with Gasteiger partial charge in [0.15, 0.2) is 0 Å². The van der Waals surface area contributed by atoms with E-state index in [2.05, 4.69) is 28.9 Å². The minimum Gasteiger partial charge on any atom is -0.472 e. The van der Waals surface area contributed by atoms with Crippen LogP contribution < -0.4 is 9.64 Å². The van der Waals surface area contributed by atoms with Crippen molar-refractivity contribution >= 4 is 34.8 Å². The molecule has 1 aromatic carbocycles. The van der Waals surface area contributed by atoms with E-state index in [1.807, 2.05) is 29.9 Å². The molecule has 4 rings (SSSR count). The molecule has 1 amide bonds. The lowest BCUT2D eigenvalue weighted by atomic mass is 10.1. The molecule has 1 aliphatic heterocycles. The molecule has 0 saturated heterocycles. The second-order valence-electron chi connectivity index (χ2n) is 7.70. The highest BCUT2D eigenvalue weighted by Gasteiger charge is 2.32. The number of aromatic nitrogens is 4. The Morgan fingerprint density at radius 1 is 1.27 bits per heavy atom. The van der Waals surface area contributed by atoms with Crippen molar-refractivity contribution in [3.05, 3.63) is 52.7 Å². The molecule has 30 heavy (non-hydrogen) atoms. The van der Waals surface area contributed by atoms with Gasteiger partial charge < -0.3 is 9.64 Å². The first-order valence-electron chi connectivity index (χ1n) is 9.65. The topological polar surface area (TPSA) is 73.1 Å². The molecular formula is C21H21Cl2N5O2. The predicted molar refractivity (Wildman–Crippen MR) is 116 cm³/mol. The number of nitrogens with zero attached hydrogens (tertiary/aromatic N) is 5. The number of benzene rings is 1. The average Bonchev–Trinajstić information content (AvgIpc) is 3.07. The Bertz CT molecular complexity index is 1100. The summed E-state index contributed by atoms with van der Waals surface area (Å²) in [5.74, 6) is 0.358. The maximum Gasteiger partial charge on any atom is 0.267 e. The summed E-state index contributed by atoms with van der Waals surface area (Å²) in [6.07, 6.45) is 4.76. The summed E-state index contributed by atoms with van der Waals surface area (Å²) >= 11 is 12.8. The van der Waals surface area contributed by atoms with E-state index in [0.29, 0.717) is 23.2 Å². The molecule has 0 bridgehead atoms. The van der Waals surface area contributed by atoms with Crippen molar-refractivity contribution in [2.45, 2.75) is 33.4 Å². The van der Waals surface area contributed by atoms with Crippen LogP contribution in [0, 0.1) is 5.92 Å². The van der Waals surface area contributed by atoms with Gasteiger partial charge in [-0.1, -0.05) is 43.1 Å². The molecule has 0 unspecified atom stereocenters. The summed E-state index contributed by atoms with van der Waals surface area (Å²) in [6.45, 7) is 7.30. The minimum absolute atomic E-state index is 0.0596. The summed E-state index contributed by atoms with van der Waals surface area (Å²) in [7, 11) is 0. The molecule has 0 spiro atoms. The van der Waals surface area contributed by atoms with Crippen molar-refractivity contribution in [1.29, 1.82) is 0 Å². The standard InChI is InChI=1S/C21H21Cl2N5O2/c1-12(2)8-27-10-14(7-26-27)16-5-4-15(6-17(16)22)28-9-13(3)30-20-18(21(28)29)19(23)24-11-25-20/h4-7,10-13H,8-9H2,1-3H3/t13-/m1/s1. The van der Waals surface area contributed by atoms with Crippen LogP contribution in [0.1, 0.15) is 31.1 Å². The fourth-order valence-corrected chi connectivity index (χ4v) is 3.92. The Morgan fingerprint density at radius 3 is 2.80 bits per heavy atom. The van der Waals surface area contributed by atoms with Crippen LogP contribution in [0.4, 0.5) is 5.69 Å². The predicted octanol–water partition coefficient (Wildman–Crippen LogP) is 4.73. The van der Waals surface area contributed by atoms with E-state index in [9.17, 15) is 4.79 Å². The van der Waals surface area contributed by atoms with E-state index in [1.165, 1.54) is 6.33 Å². The van der Waals surface area contributed by atoms with Crippen molar-refractivity contribution in [3.8, 4) is 17.0 Å². The van der Waals surface area contributed by atoms with Crippen molar-refractivity contribution in [2.24, 2.45) is 5.92 Å². The van der Waals surface area contributed by atoms with E-state index >= 15 is 0 Å². The van der Waals surface area contributed by atoms with Gasteiger partial charge in [0.25, 0.3) is 5.91 Å². The van der Waals surface area contributed by atoms with Crippen molar-refractivity contribution in [2.75, 3.05) is 11.4 Å². The minimum atomic E-state index is -0.325. The van der Waals surface area contributed by atoms with Gasteiger partial charge in [0, 0.05) is 29.6 Å². The fraction of sp³-hybridized carbons (Fsp3) is 0.333. The Balaban J connectivity index is 1.67. The van der Waals surface area contributed by atoms with Gasteiger partial charge in [0.1, 0.15) is 23.1 Å². The maximum absolute atomic E-state index is 13.2. The third kappa shape index (κ3) is 4.00. The molecule has 0 N–H and O–H groups in total. The third-order valence-corrected chi connectivity index (χ3v) is 5.34. The highest BCUT2D eigenvalue weighted by atomic mass is 35.5. The van der Waals surface area contributed by atoms with Crippen molar-refractivity contribution in [3.63, 3.8) is 0 Å². The number of fused-ring (bicyclic) bond motifs is 1. The number of rotatable bonds is 4. The lowest BCUT2D eigenvalue weighted by Crippen LogP contribution is -2.36. The highest BCUT2D eigenvalue weighted by Crippen LogP contribution is 2.34. The number of hydrogen-bond acceptors (Lipinski definition) is 5. The number of amides is 1. The smallest absolute Gasteiger partial charge is 0.267 e. The van der Waals surface area contributed by atoms with Gasteiger partial charge in [0.2, 0.25) is 5.88 Å². The molecule has 3 heterocycles. The number of halogens is 2. The summed E-state index contributed by atoms with van der Waals surface area (Å²) < 4.78 is 7.68. The first-order chi connectivity index (χ1) is 14.3. The lowest BCUT2D eigenvalue weighted by molar-refractivity contribution is 0.0987. The summed E-state index contributed by atoms with van der Waals surface area (Å²) in [4.78, 5) is 22.8. The molecule has 0 aliphatic carbocycles. The van der Waals surface area contributed by atoms with E-state index in [0.717, 1.165) is 17.7 Å². The summed E-state index contributed by atoms with van der Waals surface area (Å²) in [5.41, 5.74) is 2.57. The number of carbonyl (C=O) groups excluding carboxylic acids is 1. The number of hydrogen-bond donors (Lipinski definition) is 0. The first-order valence-corrected chi connectivity index (χ1v) is 10.4. The van der Waals surface area contributed by atoms with Gasteiger partial charge in [-0.2, -0.15) is 5.10 Å². The van der Waals surface area contributed by atoms with Crippen molar-refractivity contribution < 1.29 is 9.53 Å². The molecule has 0 fully saturated rings. The largest absolute Gasteiger partial charge is 0.472 e. The Kier molecular flexibility index (Phi) is 5.66. The third-order valence-electron chi connectivity index (χ3n) is 4.74. The molecule has 7 nitrogen and oxygen atoms in total. The molecule has 0 radical (unpaired) electrons. The van der Waals surface area contributed by atoms with Gasteiger partial charge in [0.05, 0.1) is 17.8 Å². The molecule has 156 valence electrons. The Morgan fingerprint density at radius 2 is 2.07 bits per heavy atom. The van der Waals surface area contributed by atoms with E-state index in [4.69, 9.17) is 27.9 Å². The zero-order valence-corrected chi connectivity index (χ0v) is 18.4. The monoisotopic (exact) mass is 445 g/mol. The molecule has 9 heteroatoms. The lowest BCUT2D eigenvalue weighted by Gasteiger charge is -2.23. The van der Waals surface area contributed by atoms with Crippen LogP contribution in [0.5, 0.6) is 5.88 Å². The zero-order chi connectivity index (χ0) is 21.4. The van der Waals surface area contributed by atoms with Gasteiger partial charge in [-0.05, 0) is 25.0 Å². The first kappa shape index (κ1) is 20.6. The molecule has 1 atom stereocenters. The normalized spacial score (nSPS) is 16.4. The van der Waals surface area contributed by atoms with E-state index < -0.39 is 0 Å². The fourth-order valence-electron chi connectivity index (χ4n) is 3.43. The number of carbonyl (C=O) groups is 1. The van der Waals surface area contributed by atoms with Gasteiger partial charge >= 0.3 is 0 Å². The van der Waals surface area contributed by atoms with Crippen LogP contribution in [-0.4, -0.2) is 38.3 Å². The second-order valence-corrected chi connectivity index (χ2v) is 8.46. The van der Waals surface area contributed by atoms with Crippen LogP contribution in [0.25, 0.3) is 11.1 Å². The van der Waals surface area contributed by atoms with E-state index in [-0.39, 0.29) is 28.6 Å². The maximum atomic E-state index is 13.2. The number of ether oxygens (including phenoxy) is 1. The Hall–Kier alpha value is -2.64. The summed E-state index contributed by atoms with van der Waals surface area (Å²) in [6, 6.07) is 5.51. The summed E-state index contributed by atoms with van der Waals surface area (Å²) in [5, 5.41) is 4.99. The molecule has 3 aromatic rings. The van der Waals surface area contributed by atoms with Crippen LogP contribution in [-0.2, 0) is 6.54 Å². The van der Waals surface area contributed by atoms with Crippen LogP contribution in [0.3, 0.4) is 0 Å². The van der Waals surface area contributed by atoms with Gasteiger partial charge in [-0.3, -0.25) is 9.48 Å². The molecule has 1 aliphatic rings. The van der Waals surface area contributed by atoms with Crippen molar-refractivity contribution in [1.82, 2.24) is 19.7 Å². The van der Waals surface area contributed by atoms with Gasteiger partial charge in [-0.15, -0.1) is 0 Å². The highest BCUT2D eigenvalue weighted by molar-refractivity contribution is 6.34. The molecular weight excluding hydrogens is 425 g/mol. The molecule has 2 aromatic heterocycles. The average molecular weight is 446 g/mol. The molecule has 0 saturated carbocycles. The van der Waals surface area contributed by atoms with Crippen LogP contribution >= 0.6 is 23.2 Å². The second kappa shape index (κ2) is 8.24. The van der Waals surface area contributed by atoms with Crippen LogP contribution in [0.15, 0.2) is 36.9 Å². The van der Waals surface area contributed by atoms with Gasteiger partial charge in [-0.25, -0.2) is 9.97 Å². The quantitative estimate of drug-likeness (QED) is 0.542. The van der Waals surface area contributed by atoms with E-state index in [1.54, 1.807) is 17.2 Å². The van der Waals surface area contributed by atoms with Crippen LogP contribution in [0.2, 0.25) is 10.2 Å². The number of anilines is 1. The zero-order valence-electron chi connectivity index (χ0n) is 16.8. The Labute approximate surface area is 184 Å². The SMILES string of the molecule is CC(C)Cn1cc(-c2ccc(N3C[C@@H](C)Oc4ncnc(Cl)c4C3=O)cc2Cl)cn1.